The fourth-order valence-electron chi connectivity index (χ4n) is 10.6. The first-order chi connectivity index (χ1) is 14.9. The smallest absolute Gasteiger partial charge is 0.167 e. The van der Waals surface area contributed by atoms with Crippen LogP contribution in [0.25, 0.3) is 0 Å². The van der Waals surface area contributed by atoms with Gasteiger partial charge in [0.15, 0.2) is 5.78 Å². The van der Waals surface area contributed by atoms with E-state index in [1.54, 1.807) is 5.57 Å². The molecule has 33 heavy (non-hydrogen) atoms. The Hall–Kier alpha value is -0.670. The van der Waals surface area contributed by atoms with Crippen molar-refractivity contribution in [2.24, 2.45) is 50.2 Å². The molecule has 0 aromatic heterocycles. The highest BCUT2D eigenvalue weighted by Crippen LogP contribution is 2.77. The zero-order valence-corrected chi connectivity index (χ0v) is 22.6. The van der Waals surface area contributed by atoms with Crippen molar-refractivity contribution in [2.75, 3.05) is 0 Å². The number of allylic oxidation sites excluding steroid dienone is 2. The van der Waals surface area contributed by atoms with Crippen molar-refractivity contribution in [1.82, 2.24) is 0 Å². The third kappa shape index (κ3) is 2.57. The fraction of sp³-hybridized carbons (Fsp3) is 0.900. The summed E-state index contributed by atoms with van der Waals surface area (Å²) >= 11 is 0. The Morgan fingerprint density at radius 1 is 0.970 bits per heavy atom. The van der Waals surface area contributed by atoms with Crippen molar-refractivity contribution < 1.29 is 15.0 Å². The van der Waals surface area contributed by atoms with Gasteiger partial charge in [-0.2, -0.15) is 0 Å². The van der Waals surface area contributed by atoms with E-state index < -0.39 is 17.1 Å². The van der Waals surface area contributed by atoms with E-state index in [4.69, 9.17) is 0 Å². The van der Waals surface area contributed by atoms with E-state index in [0.29, 0.717) is 11.8 Å². The van der Waals surface area contributed by atoms with Gasteiger partial charge >= 0.3 is 0 Å². The van der Waals surface area contributed by atoms with Gasteiger partial charge in [-0.1, -0.05) is 60.1 Å². The van der Waals surface area contributed by atoms with Crippen molar-refractivity contribution in [3.63, 3.8) is 0 Å². The molecule has 4 saturated carbocycles. The molecule has 0 spiro atoms. The molecule has 9 atom stereocenters. The van der Waals surface area contributed by atoms with Crippen LogP contribution in [0.2, 0.25) is 0 Å². The van der Waals surface area contributed by atoms with Crippen LogP contribution in [0.1, 0.15) is 107 Å². The lowest BCUT2D eigenvalue weighted by molar-refractivity contribution is -0.163. The quantitative estimate of drug-likeness (QED) is 0.454. The Balaban J connectivity index is 1.60. The Bertz CT molecular complexity index is 925. The number of hydrogen-bond donors (Lipinski definition) is 2. The lowest BCUT2D eigenvalue weighted by atomic mass is 9.37. The van der Waals surface area contributed by atoms with Crippen molar-refractivity contribution in [1.29, 1.82) is 0 Å². The first-order valence-corrected chi connectivity index (χ1v) is 13.5. The van der Waals surface area contributed by atoms with Gasteiger partial charge in [0.1, 0.15) is 6.10 Å². The SMILES string of the molecule is CC1(C)C(=O)[C@H](O)[C@]2(C)[C@H]3CC=C4[C@@H]5C[C@](C)(C(C)(C)O)C[C@]5(C)CC[C@@]4(C)[C@]3(C)CC[C@@H]12. The Morgan fingerprint density at radius 2 is 1.61 bits per heavy atom. The summed E-state index contributed by atoms with van der Waals surface area (Å²) in [6, 6.07) is 0. The van der Waals surface area contributed by atoms with Gasteiger partial charge in [0.25, 0.3) is 0 Å². The minimum atomic E-state index is -0.848. The number of aliphatic hydroxyl groups is 2. The number of hydrogen-bond acceptors (Lipinski definition) is 3. The highest BCUT2D eigenvalue weighted by molar-refractivity contribution is 5.92. The summed E-state index contributed by atoms with van der Waals surface area (Å²) < 4.78 is 0. The van der Waals surface area contributed by atoms with Crippen molar-refractivity contribution >= 4 is 5.78 Å². The van der Waals surface area contributed by atoms with Gasteiger partial charge in [-0.25, -0.2) is 0 Å². The molecule has 5 aliphatic carbocycles. The van der Waals surface area contributed by atoms with Gasteiger partial charge in [-0.3, -0.25) is 4.79 Å². The fourth-order valence-corrected chi connectivity index (χ4v) is 10.6. The maximum atomic E-state index is 13.2. The molecule has 0 aliphatic heterocycles. The van der Waals surface area contributed by atoms with Gasteiger partial charge in [-0.15, -0.1) is 0 Å². The van der Waals surface area contributed by atoms with Crippen LogP contribution in [0, 0.1) is 50.2 Å². The molecular formula is C30H48O3. The van der Waals surface area contributed by atoms with Gasteiger partial charge < -0.3 is 10.2 Å². The van der Waals surface area contributed by atoms with E-state index >= 15 is 0 Å². The molecule has 186 valence electrons. The third-order valence-corrected chi connectivity index (χ3v) is 13.4. The number of carbonyl (C=O) groups excluding carboxylic acids is 1. The lowest BCUT2D eigenvalue weighted by Crippen LogP contribution is -2.61. The topological polar surface area (TPSA) is 57.5 Å². The van der Waals surface area contributed by atoms with Crippen LogP contribution in [0.3, 0.4) is 0 Å². The second-order valence-electron chi connectivity index (χ2n) is 15.4. The lowest BCUT2D eigenvalue weighted by Gasteiger charge is -2.67. The Labute approximate surface area is 201 Å². The van der Waals surface area contributed by atoms with Gasteiger partial charge in [0, 0.05) is 10.8 Å². The van der Waals surface area contributed by atoms with Crippen LogP contribution >= 0.6 is 0 Å². The first-order valence-electron chi connectivity index (χ1n) is 13.5. The zero-order chi connectivity index (χ0) is 24.6. The first kappa shape index (κ1) is 24.0. The summed E-state index contributed by atoms with van der Waals surface area (Å²) in [5.41, 5.74) is 0.516. The molecule has 0 unspecified atom stereocenters. The number of fused-ring (bicyclic) bond motifs is 7. The second kappa shape index (κ2) is 6.36. The molecule has 5 rings (SSSR count). The molecule has 0 bridgehead atoms. The number of rotatable bonds is 1. The molecule has 0 aromatic rings. The molecule has 2 N–H and O–H groups in total. The predicted octanol–water partition coefficient (Wildman–Crippen LogP) is 6.32. The van der Waals surface area contributed by atoms with E-state index in [9.17, 15) is 15.0 Å². The molecule has 0 aromatic carbocycles. The number of Topliss-reactive ketones (excluding diaryl/α,β-unsaturated/α-hetero) is 1. The van der Waals surface area contributed by atoms with E-state index in [1.165, 1.54) is 12.8 Å². The maximum Gasteiger partial charge on any atom is 0.167 e. The number of carbonyl (C=O) groups is 1. The molecule has 4 fully saturated rings. The largest absolute Gasteiger partial charge is 0.390 e. The Kier molecular flexibility index (Phi) is 4.63. The molecular weight excluding hydrogens is 408 g/mol. The summed E-state index contributed by atoms with van der Waals surface area (Å²) in [6.07, 6.45) is 9.38. The van der Waals surface area contributed by atoms with Crippen LogP contribution in [-0.2, 0) is 4.79 Å². The summed E-state index contributed by atoms with van der Waals surface area (Å²) in [7, 11) is 0. The molecule has 0 heterocycles. The van der Waals surface area contributed by atoms with E-state index in [-0.39, 0.29) is 38.8 Å². The van der Waals surface area contributed by atoms with E-state index in [2.05, 4.69) is 54.5 Å². The summed E-state index contributed by atoms with van der Waals surface area (Å²) in [5.74, 6) is 1.15. The van der Waals surface area contributed by atoms with Crippen LogP contribution in [0.15, 0.2) is 11.6 Å². The molecule has 5 aliphatic rings. The standard InChI is InChI=1S/C30H48O3/c1-24(2)20-12-13-29(8)21(30(20,9)23(32)22(24)31)11-10-18-19-16-27(6,25(3,4)33)17-26(19,5)14-15-28(18,29)7/h10,19-21,23,32-33H,11-17H2,1-9H3/t19-,20-,21-,23-,26-,27-,28+,29+,30-/m0/s1. The van der Waals surface area contributed by atoms with Gasteiger partial charge in [-0.05, 0) is 98.2 Å². The minimum absolute atomic E-state index is 0.0622. The normalized spacial score (nSPS) is 55.4. The molecule has 0 saturated heterocycles. The summed E-state index contributed by atoms with van der Waals surface area (Å²) in [4.78, 5) is 13.2. The molecule has 0 radical (unpaired) electrons. The highest BCUT2D eigenvalue weighted by Gasteiger charge is 2.73. The van der Waals surface area contributed by atoms with E-state index in [0.717, 1.165) is 32.1 Å². The Morgan fingerprint density at radius 3 is 2.21 bits per heavy atom. The van der Waals surface area contributed by atoms with E-state index in [1.807, 2.05) is 13.8 Å². The minimum Gasteiger partial charge on any atom is -0.390 e. The monoisotopic (exact) mass is 456 g/mol. The average molecular weight is 457 g/mol. The van der Waals surface area contributed by atoms with Crippen LogP contribution in [-0.4, -0.2) is 27.7 Å². The van der Waals surface area contributed by atoms with Crippen molar-refractivity contribution in [3.05, 3.63) is 11.6 Å². The average Bonchev–Trinajstić information content (AvgIpc) is 3.05. The van der Waals surface area contributed by atoms with Crippen molar-refractivity contribution in [3.8, 4) is 0 Å². The summed E-state index contributed by atoms with van der Waals surface area (Å²) in [6.45, 7) is 20.2. The van der Waals surface area contributed by atoms with Crippen LogP contribution in [0.4, 0.5) is 0 Å². The number of aliphatic hydroxyl groups excluding tert-OH is 1. The van der Waals surface area contributed by atoms with Crippen molar-refractivity contribution in [2.45, 2.75) is 119 Å². The van der Waals surface area contributed by atoms with Gasteiger partial charge in [0.05, 0.1) is 5.60 Å². The predicted molar refractivity (Wildman–Crippen MR) is 132 cm³/mol. The molecule has 3 nitrogen and oxygen atoms in total. The van der Waals surface area contributed by atoms with Crippen LogP contribution < -0.4 is 0 Å². The second-order valence-corrected chi connectivity index (χ2v) is 15.4. The van der Waals surface area contributed by atoms with Gasteiger partial charge in [0.2, 0.25) is 0 Å². The summed E-state index contributed by atoms with van der Waals surface area (Å²) in [5, 5.41) is 22.5. The highest BCUT2D eigenvalue weighted by atomic mass is 16.3. The molecule has 0 amide bonds. The van der Waals surface area contributed by atoms with Crippen LogP contribution in [0.5, 0.6) is 0 Å². The maximum absolute atomic E-state index is 13.2. The molecule has 3 heteroatoms. The third-order valence-electron chi connectivity index (χ3n) is 13.4. The number of ketones is 1. The zero-order valence-electron chi connectivity index (χ0n) is 22.6.